The highest BCUT2D eigenvalue weighted by atomic mass is 16.6. The van der Waals surface area contributed by atoms with E-state index in [1.165, 1.54) is 7.11 Å². The Labute approximate surface area is 313 Å². The number of hydrogen-bond acceptors (Lipinski definition) is 8. The van der Waals surface area contributed by atoms with Crippen LogP contribution >= 0.6 is 0 Å². The summed E-state index contributed by atoms with van der Waals surface area (Å²) in [5, 5.41) is 13.5. The largest absolute Gasteiger partial charge is 0.507 e. The lowest BCUT2D eigenvalue weighted by Crippen LogP contribution is -2.50. The molecule has 8 nitrogen and oxygen atoms in total. The molecule has 0 aromatic heterocycles. The number of hydrogen-bond donors (Lipinski definition) is 1. The Hall–Kier alpha value is -5.64. The van der Waals surface area contributed by atoms with Crippen molar-refractivity contribution in [3.05, 3.63) is 178 Å². The van der Waals surface area contributed by atoms with Crippen molar-refractivity contribution in [2.75, 3.05) is 13.7 Å². The van der Waals surface area contributed by atoms with Crippen LogP contribution in [0.5, 0.6) is 11.5 Å². The second-order valence-electron chi connectivity index (χ2n) is 13.6. The monoisotopic (exact) mass is 720 g/mol. The first kappa shape index (κ1) is 35.4. The van der Waals surface area contributed by atoms with E-state index >= 15 is 0 Å². The van der Waals surface area contributed by atoms with Crippen molar-refractivity contribution >= 4 is 22.3 Å². The third-order valence-corrected chi connectivity index (χ3v) is 10.2. The molecule has 0 spiro atoms. The molecule has 1 heterocycles. The van der Waals surface area contributed by atoms with Gasteiger partial charge in [0.05, 0.1) is 56.9 Å². The summed E-state index contributed by atoms with van der Waals surface area (Å²) in [5.74, 6) is -0.867. The summed E-state index contributed by atoms with van der Waals surface area (Å²) >= 11 is 0. The Morgan fingerprint density at radius 2 is 1.22 bits per heavy atom. The molecule has 0 amide bonds. The van der Waals surface area contributed by atoms with E-state index in [4.69, 9.17) is 23.7 Å². The number of benzene rings is 6. The Kier molecular flexibility index (Phi) is 10.3. The van der Waals surface area contributed by atoms with Crippen LogP contribution in [0.1, 0.15) is 66.6 Å². The molecule has 0 saturated carbocycles. The number of carbonyl (C=O) groups is 2. The minimum atomic E-state index is -0.759. The van der Waals surface area contributed by atoms with Crippen LogP contribution in [-0.2, 0) is 38.8 Å². The molecule has 1 fully saturated rings. The smallest absolute Gasteiger partial charge is 0.202 e. The molecule has 1 N–H and O–H groups in total. The average Bonchev–Trinajstić information content (AvgIpc) is 3.22. The van der Waals surface area contributed by atoms with Gasteiger partial charge in [-0.2, -0.15) is 0 Å². The fraction of sp³-hybridized carbons (Fsp3) is 0.217. The first-order chi connectivity index (χ1) is 26.5. The van der Waals surface area contributed by atoms with Gasteiger partial charge in [0.1, 0.15) is 23.7 Å². The van der Waals surface area contributed by atoms with Gasteiger partial charge in [-0.05, 0) is 33.5 Å². The van der Waals surface area contributed by atoms with Crippen LogP contribution in [0, 0.1) is 0 Å². The fourth-order valence-corrected chi connectivity index (χ4v) is 7.66. The maximum absolute atomic E-state index is 14.4. The van der Waals surface area contributed by atoms with Crippen molar-refractivity contribution in [2.45, 2.75) is 50.7 Å². The Balaban J connectivity index is 1.21. The third kappa shape index (κ3) is 6.93. The van der Waals surface area contributed by atoms with E-state index in [1.807, 2.05) is 115 Å². The average molecular weight is 721 g/mol. The minimum absolute atomic E-state index is 0.0598. The number of aromatic hydroxyl groups is 1. The molecule has 6 aromatic carbocycles. The second-order valence-corrected chi connectivity index (χ2v) is 13.6. The normalized spacial score (nSPS) is 19.4. The highest BCUT2D eigenvalue weighted by Gasteiger charge is 2.45. The van der Waals surface area contributed by atoms with Crippen molar-refractivity contribution in [2.24, 2.45) is 0 Å². The molecule has 1 aliphatic carbocycles. The summed E-state index contributed by atoms with van der Waals surface area (Å²) in [7, 11) is 1.45. The zero-order valence-corrected chi connectivity index (χ0v) is 29.9. The number of methoxy groups -OCH3 is 1. The third-order valence-electron chi connectivity index (χ3n) is 10.2. The van der Waals surface area contributed by atoms with Crippen molar-refractivity contribution in [1.29, 1.82) is 0 Å². The van der Waals surface area contributed by atoms with Crippen LogP contribution in [0.3, 0.4) is 0 Å². The van der Waals surface area contributed by atoms with Crippen LogP contribution < -0.4 is 4.74 Å². The Morgan fingerprint density at radius 3 is 1.87 bits per heavy atom. The molecule has 54 heavy (non-hydrogen) atoms. The van der Waals surface area contributed by atoms with Gasteiger partial charge in [0.15, 0.2) is 5.78 Å². The first-order valence-electron chi connectivity index (χ1n) is 18.1. The summed E-state index contributed by atoms with van der Waals surface area (Å²) in [6, 6.07) is 42.0. The van der Waals surface area contributed by atoms with E-state index < -0.39 is 30.2 Å². The van der Waals surface area contributed by atoms with Gasteiger partial charge >= 0.3 is 0 Å². The summed E-state index contributed by atoms with van der Waals surface area (Å²) < 4.78 is 32.2. The molecule has 1 aliphatic heterocycles. The number of phenols is 1. The van der Waals surface area contributed by atoms with Crippen molar-refractivity contribution < 1.29 is 38.4 Å². The number of carbonyl (C=O) groups excluding carboxylic acids is 2. The molecule has 0 bridgehead atoms. The predicted octanol–water partition coefficient (Wildman–Crippen LogP) is 8.55. The van der Waals surface area contributed by atoms with Crippen LogP contribution in [0.15, 0.2) is 133 Å². The molecular weight excluding hydrogens is 680 g/mol. The van der Waals surface area contributed by atoms with Gasteiger partial charge < -0.3 is 28.8 Å². The maximum Gasteiger partial charge on any atom is 0.202 e. The summed E-state index contributed by atoms with van der Waals surface area (Å²) in [6.07, 6.45) is -2.16. The van der Waals surface area contributed by atoms with Crippen LogP contribution in [0.25, 0.3) is 10.8 Å². The standard InChI is InChI=1S/C46H40O8/c1-50-35-23-13-22-34-40(35)45(49)42-41(43(34)47)33-21-12-11-20-32(33)39(44(42)48)36-24-37(52-26-30-16-7-3-8-17-30)46(53-27-31-18-9-4-10-19-31)38(54-36)28-51-25-29-14-5-2-6-15-29/h2-23,36-38,46,48H,24-28H2,1H3. The first-order valence-corrected chi connectivity index (χ1v) is 18.1. The molecular formula is C46H40O8. The van der Waals surface area contributed by atoms with E-state index in [0.29, 0.717) is 42.6 Å². The summed E-state index contributed by atoms with van der Waals surface area (Å²) in [5.41, 5.74) is 3.89. The summed E-state index contributed by atoms with van der Waals surface area (Å²) in [4.78, 5) is 28.5. The number of rotatable bonds is 12. The zero-order valence-electron chi connectivity index (χ0n) is 29.9. The highest BCUT2D eigenvalue weighted by Crippen LogP contribution is 2.48. The number of phenolic OH excluding ortho intramolecular Hbond substituents is 1. The van der Waals surface area contributed by atoms with Crippen molar-refractivity contribution in [1.82, 2.24) is 0 Å². The van der Waals surface area contributed by atoms with E-state index in [0.717, 1.165) is 16.7 Å². The quantitative estimate of drug-likeness (QED) is 0.134. The van der Waals surface area contributed by atoms with Crippen LogP contribution in [0.4, 0.5) is 0 Å². The molecule has 0 radical (unpaired) electrons. The van der Waals surface area contributed by atoms with Gasteiger partial charge in [0, 0.05) is 23.1 Å². The minimum Gasteiger partial charge on any atom is -0.507 e. The fourth-order valence-electron chi connectivity index (χ4n) is 7.66. The van der Waals surface area contributed by atoms with Gasteiger partial charge in [-0.25, -0.2) is 0 Å². The summed E-state index contributed by atoms with van der Waals surface area (Å²) in [6.45, 7) is 1.17. The topological polar surface area (TPSA) is 101 Å². The Bertz CT molecular complexity index is 2270. The van der Waals surface area contributed by atoms with E-state index in [1.54, 1.807) is 18.2 Å². The molecule has 2 aliphatic rings. The van der Waals surface area contributed by atoms with Gasteiger partial charge in [0.25, 0.3) is 0 Å². The lowest BCUT2D eigenvalue weighted by Gasteiger charge is -2.42. The van der Waals surface area contributed by atoms with Gasteiger partial charge in [0.2, 0.25) is 5.78 Å². The molecule has 4 atom stereocenters. The second kappa shape index (κ2) is 15.8. The van der Waals surface area contributed by atoms with Crippen LogP contribution in [0.2, 0.25) is 0 Å². The van der Waals surface area contributed by atoms with E-state index in [9.17, 15) is 14.7 Å². The van der Waals surface area contributed by atoms with Gasteiger partial charge in [-0.15, -0.1) is 0 Å². The van der Waals surface area contributed by atoms with Crippen LogP contribution in [-0.4, -0.2) is 48.7 Å². The molecule has 4 unspecified atom stereocenters. The van der Waals surface area contributed by atoms with Gasteiger partial charge in [-0.3, -0.25) is 9.59 Å². The highest BCUT2D eigenvalue weighted by molar-refractivity contribution is 6.34. The van der Waals surface area contributed by atoms with E-state index in [2.05, 4.69) is 0 Å². The number of ketones is 2. The maximum atomic E-state index is 14.4. The predicted molar refractivity (Wildman–Crippen MR) is 204 cm³/mol. The Morgan fingerprint density at radius 1 is 0.630 bits per heavy atom. The van der Waals surface area contributed by atoms with Crippen molar-refractivity contribution in [3.63, 3.8) is 0 Å². The zero-order chi connectivity index (χ0) is 37.0. The van der Waals surface area contributed by atoms with Gasteiger partial charge in [-0.1, -0.05) is 127 Å². The molecule has 6 aromatic rings. The molecule has 272 valence electrons. The van der Waals surface area contributed by atoms with Crippen molar-refractivity contribution in [3.8, 4) is 11.5 Å². The van der Waals surface area contributed by atoms with E-state index in [-0.39, 0.29) is 46.1 Å². The lowest BCUT2D eigenvalue weighted by atomic mass is 9.78. The molecule has 8 rings (SSSR count). The SMILES string of the molecule is COc1cccc2c1C(=O)c1c(O)c(C3CC(OCc4ccccc4)C(OCc4ccccc4)C(COCc4ccccc4)O3)c3ccccc3c1C2=O. The molecule has 1 saturated heterocycles. The number of ether oxygens (including phenoxy) is 5. The number of fused-ring (bicyclic) bond motifs is 4. The lowest BCUT2D eigenvalue weighted by molar-refractivity contribution is -0.222. The molecule has 8 heteroatoms.